The third kappa shape index (κ3) is 7.60. The van der Waals surface area contributed by atoms with Crippen molar-refractivity contribution in [2.75, 3.05) is 32.6 Å². The fourth-order valence-corrected chi connectivity index (χ4v) is 10.0. The molecular weight excluding hydrogens is 813 g/mol. The number of hydrogen-bond acceptors (Lipinski definition) is 10. The second kappa shape index (κ2) is 18.7. The van der Waals surface area contributed by atoms with Crippen LogP contribution in [-0.2, 0) is 15.7 Å². The molecule has 330 valence electrons. The van der Waals surface area contributed by atoms with Gasteiger partial charge in [0.2, 0.25) is 0 Å². The molecule has 3 N–H and O–H groups in total. The van der Waals surface area contributed by atoms with Gasteiger partial charge in [0.05, 0.1) is 38.1 Å². The van der Waals surface area contributed by atoms with Crippen LogP contribution in [0.15, 0.2) is 183 Å². The lowest BCUT2D eigenvalue weighted by Gasteiger charge is -2.44. The van der Waals surface area contributed by atoms with Crippen molar-refractivity contribution in [3.05, 3.63) is 216 Å². The van der Waals surface area contributed by atoms with Gasteiger partial charge >= 0.3 is 0 Å². The number of fused-ring (bicyclic) bond motifs is 1. The maximum absolute atomic E-state index is 13.5. The highest BCUT2D eigenvalue weighted by atomic mass is 16.5. The molecule has 0 radical (unpaired) electrons. The Hall–Kier alpha value is -6.89. The summed E-state index contributed by atoms with van der Waals surface area (Å²) in [5.74, 6) is 1.92. The zero-order valence-corrected chi connectivity index (χ0v) is 37.0. The highest BCUT2D eigenvalue weighted by Gasteiger charge is 2.57. The van der Waals surface area contributed by atoms with Gasteiger partial charge in [-0.15, -0.1) is 0 Å². The Labute approximate surface area is 380 Å². The SMILES string of the molecule is CCN(CC)[C@H]1[C@@H](O)[C@H](n2cnc3c(NC(c4ccccc4)(c4ccccc4)c4ccc(OC)cc4)ncnc32)O[C@@H]1C(O)C(c1ccccc1)(c1ccccc1)c1ccc(OC)cc1. The number of nitrogens with zero attached hydrogens (tertiary/aromatic N) is 5. The van der Waals surface area contributed by atoms with E-state index >= 15 is 0 Å². The Balaban J connectivity index is 1.18. The van der Waals surface area contributed by atoms with E-state index in [1.54, 1.807) is 25.1 Å². The summed E-state index contributed by atoms with van der Waals surface area (Å²) in [6.45, 7) is 5.34. The highest BCUT2D eigenvalue weighted by molar-refractivity contribution is 5.84. The van der Waals surface area contributed by atoms with E-state index in [1.807, 2.05) is 133 Å². The fraction of sp³-hybridized carbons (Fsp3) is 0.241. The minimum atomic E-state index is -1.21. The summed E-state index contributed by atoms with van der Waals surface area (Å²) >= 11 is 0. The molecule has 0 bridgehead atoms. The molecule has 0 saturated carbocycles. The van der Waals surface area contributed by atoms with Crippen LogP contribution in [0.5, 0.6) is 11.5 Å². The Morgan fingerprint density at radius 3 is 1.55 bits per heavy atom. The molecule has 11 nitrogen and oxygen atoms in total. The Bertz CT molecular complexity index is 2690. The zero-order chi connectivity index (χ0) is 45.0. The van der Waals surface area contributed by atoms with Gasteiger partial charge in [-0.2, -0.15) is 0 Å². The molecule has 1 aliphatic rings. The lowest BCUT2D eigenvalue weighted by molar-refractivity contribution is -0.0921. The molecule has 1 fully saturated rings. The summed E-state index contributed by atoms with van der Waals surface area (Å²) in [6.07, 6.45) is -1.06. The second-order valence-corrected chi connectivity index (χ2v) is 16.3. The summed E-state index contributed by atoms with van der Waals surface area (Å²) in [7, 11) is 3.30. The molecule has 9 rings (SSSR count). The van der Waals surface area contributed by atoms with Crippen molar-refractivity contribution in [3.63, 3.8) is 0 Å². The topological polar surface area (TPSA) is 127 Å². The third-order valence-electron chi connectivity index (χ3n) is 13.1. The van der Waals surface area contributed by atoms with E-state index in [1.165, 1.54) is 6.33 Å². The number of likely N-dealkylation sites (N-methyl/N-ethyl adjacent to an activating group) is 1. The smallest absolute Gasteiger partial charge is 0.167 e. The van der Waals surface area contributed by atoms with Gasteiger partial charge in [0, 0.05) is 0 Å². The van der Waals surface area contributed by atoms with E-state index in [0.29, 0.717) is 35.8 Å². The van der Waals surface area contributed by atoms with Crippen molar-refractivity contribution in [1.82, 2.24) is 24.4 Å². The van der Waals surface area contributed by atoms with Crippen LogP contribution in [0.4, 0.5) is 5.82 Å². The Morgan fingerprint density at radius 2 is 1.08 bits per heavy atom. The van der Waals surface area contributed by atoms with Gasteiger partial charge in [-0.05, 0) is 70.7 Å². The van der Waals surface area contributed by atoms with Gasteiger partial charge in [0.25, 0.3) is 0 Å². The molecule has 65 heavy (non-hydrogen) atoms. The fourth-order valence-electron chi connectivity index (χ4n) is 10.0. The number of aromatic nitrogens is 4. The minimum Gasteiger partial charge on any atom is -0.497 e. The summed E-state index contributed by atoms with van der Waals surface area (Å²) < 4.78 is 20.1. The third-order valence-corrected chi connectivity index (χ3v) is 13.1. The van der Waals surface area contributed by atoms with E-state index in [9.17, 15) is 10.2 Å². The van der Waals surface area contributed by atoms with Gasteiger partial charge in [-0.1, -0.05) is 159 Å². The number of aliphatic hydroxyl groups excluding tert-OH is 2. The van der Waals surface area contributed by atoms with E-state index in [4.69, 9.17) is 29.2 Å². The maximum atomic E-state index is 13.5. The number of methoxy groups -OCH3 is 2. The average molecular weight is 867 g/mol. The van der Waals surface area contributed by atoms with Crippen LogP contribution in [0.25, 0.3) is 11.2 Å². The number of rotatable bonds is 16. The van der Waals surface area contributed by atoms with E-state index in [0.717, 1.165) is 39.1 Å². The first kappa shape index (κ1) is 43.4. The van der Waals surface area contributed by atoms with Gasteiger partial charge in [-0.3, -0.25) is 9.47 Å². The van der Waals surface area contributed by atoms with Crippen molar-refractivity contribution in [3.8, 4) is 11.5 Å². The minimum absolute atomic E-state index is 0.456. The Morgan fingerprint density at radius 1 is 0.631 bits per heavy atom. The number of anilines is 1. The maximum Gasteiger partial charge on any atom is 0.167 e. The molecule has 11 heteroatoms. The summed E-state index contributed by atoms with van der Waals surface area (Å²) in [4.78, 5) is 16.7. The molecule has 0 aliphatic carbocycles. The number of aliphatic hydroxyl groups is 2. The monoisotopic (exact) mass is 866 g/mol. The van der Waals surface area contributed by atoms with Crippen molar-refractivity contribution in [1.29, 1.82) is 0 Å². The molecule has 3 heterocycles. The first-order valence-electron chi connectivity index (χ1n) is 22.1. The molecule has 0 spiro atoms. The summed E-state index contributed by atoms with van der Waals surface area (Å²) in [5, 5.41) is 30.0. The van der Waals surface area contributed by atoms with Crippen molar-refractivity contribution in [2.24, 2.45) is 0 Å². The molecule has 2 aromatic heterocycles. The normalized spacial score (nSPS) is 18.1. The molecule has 1 unspecified atom stereocenters. The molecule has 5 atom stereocenters. The molecule has 1 saturated heterocycles. The lowest BCUT2D eigenvalue weighted by atomic mass is 9.63. The highest BCUT2D eigenvalue weighted by Crippen LogP contribution is 2.49. The van der Waals surface area contributed by atoms with Crippen LogP contribution in [0.2, 0.25) is 0 Å². The first-order valence-corrected chi connectivity index (χ1v) is 22.1. The van der Waals surface area contributed by atoms with Crippen LogP contribution in [0, 0.1) is 0 Å². The van der Waals surface area contributed by atoms with Crippen LogP contribution in [-0.4, -0.2) is 86.3 Å². The van der Waals surface area contributed by atoms with E-state index in [2.05, 4.69) is 60.5 Å². The molecule has 6 aromatic carbocycles. The Kier molecular flexibility index (Phi) is 12.5. The molecule has 1 aliphatic heterocycles. The van der Waals surface area contributed by atoms with E-state index < -0.39 is 41.5 Å². The predicted molar refractivity (Wildman–Crippen MR) is 253 cm³/mol. The summed E-state index contributed by atoms with van der Waals surface area (Å²) in [6, 6.07) is 55.8. The van der Waals surface area contributed by atoms with Crippen molar-refractivity contribution >= 4 is 17.0 Å². The van der Waals surface area contributed by atoms with Gasteiger partial charge in [-0.25, -0.2) is 15.0 Å². The number of benzene rings is 6. The standard InChI is InChI=1S/C54H54N6O5/c1-5-59(6-2)46-47(61)52(65-48(46)49(62)53(37-19-11-7-12-20-37,38-21-13-8-14-22-38)39-27-31-43(63-3)32-28-39)60-36-57-45-50(55-35-56-51(45)60)58-54(40-23-15-9-16-24-40,41-25-17-10-18-26-41)42-29-33-44(64-4)34-30-42/h7-36,46-49,52,61-62H,5-6H2,1-4H3,(H,55,56,58)/t46-,47+,48-,49?,52+/m0/s1. The van der Waals surface area contributed by atoms with Crippen molar-refractivity contribution < 1.29 is 24.4 Å². The van der Waals surface area contributed by atoms with Crippen LogP contribution < -0.4 is 14.8 Å². The van der Waals surface area contributed by atoms with Crippen LogP contribution in [0.1, 0.15) is 53.5 Å². The van der Waals surface area contributed by atoms with E-state index in [-0.39, 0.29) is 0 Å². The number of nitrogens with one attached hydrogen (secondary N) is 1. The molecule has 8 aromatic rings. The van der Waals surface area contributed by atoms with Crippen LogP contribution in [0.3, 0.4) is 0 Å². The van der Waals surface area contributed by atoms with Crippen molar-refractivity contribution in [2.45, 2.75) is 55.4 Å². The molecule has 0 amide bonds. The summed E-state index contributed by atoms with van der Waals surface area (Å²) in [5.41, 5.74) is 4.36. The van der Waals surface area contributed by atoms with Gasteiger partial charge in [0.1, 0.15) is 35.6 Å². The van der Waals surface area contributed by atoms with Gasteiger partial charge < -0.3 is 29.7 Å². The number of imidazole rings is 1. The second-order valence-electron chi connectivity index (χ2n) is 16.3. The quantitative estimate of drug-likeness (QED) is 0.0813. The van der Waals surface area contributed by atoms with Crippen LogP contribution >= 0.6 is 0 Å². The lowest BCUT2D eigenvalue weighted by Crippen LogP contribution is -2.57. The van der Waals surface area contributed by atoms with Gasteiger partial charge in [0.15, 0.2) is 23.2 Å². The zero-order valence-electron chi connectivity index (χ0n) is 37.0. The predicted octanol–water partition coefficient (Wildman–Crippen LogP) is 8.61. The number of ether oxygens (including phenoxy) is 3. The first-order chi connectivity index (χ1) is 31.9. The molecular formula is C54H54N6O5. The number of hydrogen-bond donors (Lipinski definition) is 3. The largest absolute Gasteiger partial charge is 0.497 e. The average Bonchev–Trinajstić information content (AvgIpc) is 3.96.